The first kappa shape index (κ1) is 24.3. The van der Waals surface area contributed by atoms with E-state index in [1.54, 1.807) is 28.4 Å². The van der Waals surface area contributed by atoms with Crippen molar-refractivity contribution in [1.82, 2.24) is 9.80 Å². The second kappa shape index (κ2) is 11.1. The van der Waals surface area contributed by atoms with Crippen molar-refractivity contribution >= 4 is 46.4 Å². The molecule has 0 radical (unpaired) electrons. The van der Waals surface area contributed by atoms with Gasteiger partial charge in [0, 0.05) is 34.4 Å². The van der Waals surface area contributed by atoms with Gasteiger partial charge in [0.1, 0.15) is 6.54 Å². The summed E-state index contributed by atoms with van der Waals surface area (Å²) in [6.45, 7) is 4.82. The Balaban J connectivity index is 1.53. The van der Waals surface area contributed by atoms with Crippen LogP contribution >= 0.6 is 34.5 Å². The molecule has 2 heterocycles. The summed E-state index contributed by atoms with van der Waals surface area (Å²) in [5, 5.41) is 3.17. The van der Waals surface area contributed by atoms with Crippen molar-refractivity contribution in [3.8, 4) is 0 Å². The van der Waals surface area contributed by atoms with Crippen LogP contribution in [0.5, 0.6) is 0 Å². The Hall–Kier alpha value is -1.82. The van der Waals surface area contributed by atoms with Crippen molar-refractivity contribution in [3.63, 3.8) is 0 Å². The van der Waals surface area contributed by atoms with Crippen LogP contribution in [0.4, 0.5) is 0 Å². The quantitative estimate of drug-likeness (QED) is 0.384. The van der Waals surface area contributed by atoms with Gasteiger partial charge in [-0.1, -0.05) is 61.0 Å². The van der Waals surface area contributed by atoms with Crippen LogP contribution in [0, 0.1) is 5.92 Å². The van der Waals surface area contributed by atoms with E-state index in [2.05, 4.69) is 18.0 Å². The third-order valence-corrected chi connectivity index (χ3v) is 8.37. The average molecular weight is 506 g/mol. The number of nitrogens with zero attached hydrogens (tertiary/aromatic N) is 2. The molecule has 1 aliphatic heterocycles. The van der Waals surface area contributed by atoms with Gasteiger partial charge in [-0.3, -0.25) is 9.59 Å². The first-order valence-electron chi connectivity index (χ1n) is 11.7. The van der Waals surface area contributed by atoms with E-state index in [9.17, 15) is 9.59 Å². The minimum atomic E-state index is -0.281. The van der Waals surface area contributed by atoms with E-state index in [0.29, 0.717) is 35.5 Å². The lowest BCUT2D eigenvalue weighted by atomic mass is 9.93. The Morgan fingerprint density at radius 1 is 1.18 bits per heavy atom. The third kappa shape index (κ3) is 5.64. The molecule has 0 N–H and O–H groups in total. The molecule has 1 aliphatic carbocycles. The van der Waals surface area contributed by atoms with Crippen LogP contribution in [0.25, 0.3) is 0 Å². The van der Waals surface area contributed by atoms with Gasteiger partial charge in [-0.2, -0.15) is 0 Å². The van der Waals surface area contributed by atoms with Crippen LogP contribution in [0.2, 0.25) is 10.0 Å². The van der Waals surface area contributed by atoms with Crippen molar-refractivity contribution in [1.29, 1.82) is 0 Å². The van der Waals surface area contributed by atoms with E-state index in [1.165, 1.54) is 30.6 Å². The summed E-state index contributed by atoms with van der Waals surface area (Å²) in [7, 11) is 0. The van der Waals surface area contributed by atoms with Crippen LogP contribution in [0.15, 0.2) is 42.3 Å². The number of halogens is 2. The monoisotopic (exact) mass is 504 g/mol. The lowest BCUT2D eigenvalue weighted by molar-refractivity contribution is -0.141. The Kier molecular flexibility index (Phi) is 8.15. The van der Waals surface area contributed by atoms with E-state index >= 15 is 0 Å². The number of thiophene rings is 1. The summed E-state index contributed by atoms with van der Waals surface area (Å²) in [5.41, 5.74) is 1.96. The number of carbonyl (C=O) groups is 2. The molecule has 2 amide bonds. The highest BCUT2D eigenvalue weighted by molar-refractivity contribution is 7.10. The Morgan fingerprint density at radius 2 is 1.97 bits per heavy atom. The lowest BCUT2D eigenvalue weighted by Crippen LogP contribution is -2.46. The molecule has 176 valence electrons. The fourth-order valence-electron chi connectivity index (χ4n) is 5.09. The molecule has 2 aromatic rings. The number of rotatable bonds is 8. The molecule has 1 aromatic carbocycles. The number of benzene rings is 1. The Bertz CT molecular complexity index is 1020. The van der Waals surface area contributed by atoms with Crippen molar-refractivity contribution in [3.05, 3.63) is 68.3 Å². The molecule has 0 saturated heterocycles. The molecule has 2 aliphatic rings. The van der Waals surface area contributed by atoms with Gasteiger partial charge in [0.05, 0.1) is 6.04 Å². The predicted molar refractivity (Wildman–Crippen MR) is 136 cm³/mol. The van der Waals surface area contributed by atoms with E-state index in [-0.39, 0.29) is 24.4 Å². The molecule has 1 aromatic heterocycles. The fraction of sp³-hybridized carbons (Fsp3) is 0.462. The summed E-state index contributed by atoms with van der Waals surface area (Å²) in [5.74, 6) is 0.606. The number of hydrogen-bond donors (Lipinski definition) is 0. The van der Waals surface area contributed by atoms with Crippen molar-refractivity contribution in [2.75, 3.05) is 19.6 Å². The molecule has 33 heavy (non-hydrogen) atoms. The molecule has 4 nitrogen and oxygen atoms in total. The maximum Gasteiger partial charge on any atom is 0.243 e. The SMILES string of the molecule is C=CCN(CC(=O)N1CCc2sccc2C1c1ccc(Cl)cc1Cl)C(=O)CCC1CCCC1. The van der Waals surface area contributed by atoms with Crippen LogP contribution in [0.1, 0.15) is 60.6 Å². The first-order valence-corrected chi connectivity index (χ1v) is 13.3. The standard InChI is InChI=1S/C26H30Cl2N2O2S/c1-2-13-29(24(31)10-7-18-5-3-4-6-18)17-25(32)30-14-11-23-21(12-15-33-23)26(30)20-9-8-19(27)16-22(20)28/h2,8-9,12,15-16,18,26H,1,3-7,10-11,13-14,17H2. The highest BCUT2D eigenvalue weighted by Gasteiger charge is 2.35. The van der Waals surface area contributed by atoms with Crippen molar-refractivity contribution < 1.29 is 9.59 Å². The van der Waals surface area contributed by atoms with E-state index < -0.39 is 0 Å². The highest BCUT2D eigenvalue weighted by Crippen LogP contribution is 2.41. The number of fused-ring (bicyclic) bond motifs is 1. The molecule has 0 spiro atoms. The maximum atomic E-state index is 13.6. The summed E-state index contributed by atoms with van der Waals surface area (Å²) in [4.78, 5) is 31.3. The van der Waals surface area contributed by atoms with E-state index in [1.807, 2.05) is 17.0 Å². The molecule has 1 saturated carbocycles. The molecule has 1 fully saturated rings. The van der Waals surface area contributed by atoms with Gasteiger partial charge in [0.15, 0.2) is 0 Å². The molecule has 1 unspecified atom stereocenters. The molecular formula is C26H30Cl2N2O2S. The number of amides is 2. The number of carbonyl (C=O) groups excluding carboxylic acids is 2. The van der Waals surface area contributed by atoms with E-state index in [0.717, 1.165) is 24.0 Å². The molecule has 4 rings (SSSR count). The van der Waals surface area contributed by atoms with Crippen LogP contribution in [-0.2, 0) is 16.0 Å². The predicted octanol–water partition coefficient (Wildman–Crippen LogP) is 6.51. The molecular weight excluding hydrogens is 475 g/mol. The second-order valence-electron chi connectivity index (χ2n) is 8.96. The zero-order chi connectivity index (χ0) is 23.4. The van der Waals surface area contributed by atoms with Gasteiger partial charge in [0.2, 0.25) is 11.8 Å². The summed E-state index contributed by atoms with van der Waals surface area (Å²) >= 11 is 14.4. The Morgan fingerprint density at radius 3 is 2.70 bits per heavy atom. The number of hydrogen-bond acceptors (Lipinski definition) is 3. The van der Waals surface area contributed by atoms with Crippen LogP contribution < -0.4 is 0 Å². The maximum absolute atomic E-state index is 13.6. The van der Waals surface area contributed by atoms with Gasteiger partial charge < -0.3 is 9.80 Å². The normalized spacial score (nSPS) is 18.2. The Labute approximate surface area is 210 Å². The minimum absolute atomic E-state index is 0.0319. The van der Waals surface area contributed by atoms with Gasteiger partial charge in [-0.15, -0.1) is 17.9 Å². The molecule has 7 heteroatoms. The summed E-state index contributed by atoms with van der Waals surface area (Å²) in [6.07, 6.45) is 8.86. The van der Waals surface area contributed by atoms with Gasteiger partial charge in [0.25, 0.3) is 0 Å². The van der Waals surface area contributed by atoms with E-state index in [4.69, 9.17) is 23.2 Å². The summed E-state index contributed by atoms with van der Waals surface area (Å²) in [6, 6.07) is 7.22. The topological polar surface area (TPSA) is 40.6 Å². The summed E-state index contributed by atoms with van der Waals surface area (Å²) < 4.78 is 0. The van der Waals surface area contributed by atoms with Crippen LogP contribution in [0.3, 0.4) is 0 Å². The zero-order valence-corrected chi connectivity index (χ0v) is 21.1. The van der Waals surface area contributed by atoms with Crippen molar-refractivity contribution in [2.24, 2.45) is 5.92 Å². The smallest absolute Gasteiger partial charge is 0.243 e. The first-order chi connectivity index (χ1) is 16.0. The minimum Gasteiger partial charge on any atom is -0.330 e. The fourth-order valence-corrected chi connectivity index (χ4v) is 6.51. The molecule has 1 atom stereocenters. The highest BCUT2D eigenvalue weighted by atomic mass is 35.5. The lowest BCUT2D eigenvalue weighted by Gasteiger charge is -2.38. The van der Waals surface area contributed by atoms with Gasteiger partial charge >= 0.3 is 0 Å². The van der Waals surface area contributed by atoms with Gasteiger partial charge in [-0.25, -0.2) is 0 Å². The van der Waals surface area contributed by atoms with Crippen molar-refractivity contribution in [2.45, 2.75) is 51.0 Å². The molecule has 0 bridgehead atoms. The van der Waals surface area contributed by atoms with Crippen LogP contribution in [-0.4, -0.2) is 41.2 Å². The average Bonchev–Trinajstić information content (AvgIpc) is 3.48. The van der Waals surface area contributed by atoms with Gasteiger partial charge in [-0.05, 0) is 53.5 Å². The zero-order valence-electron chi connectivity index (χ0n) is 18.8. The third-order valence-electron chi connectivity index (χ3n) is 6.81. The largest absolute Gasteiger partial charge is 0.330 e. The second-order valence-corrected chi connectivity index (χ2v) is 10.8.